The number of carbonyl (C=O) groups is 2. The molecule has 5 rings (SSSR count). The van der Waals surface area contributed by atoms with Gasteiger partial charge in [0, 0.05) is 28.4 Å². The third-order valence-corrected chi connectivity index (χ3v) is 5.86. The van der Waals surface area contributed by atoms with E-state index in [1.165, 1.54) is 4.90 Å². The van der Waals surface area contributed by atoms with E-state index < -0.39 is 17.7 Å². The Bertz CT molecular complexity index is 1380. The summed E-state index contributed by atoms with van der Waals surface area (Å²) >= 11 is 5.98. The largest absolute Gasteiger partial charge is 0.507 e. The fraction of sp³-hybridized carbons (Fsp3) is 0.0385. The number of hydrogen-bond donors (Lipinski definition) is 1. The molecule has 5 nitrogen and oxygen atoms in total. The second kappa shape index (κ2) is 7.94. The number of fused-ring (bicyclic) bond motifs is 1. The van der Waals surface area contributed by atoms with Gasteiger partial charge in [0.25, 0.3) is 11.7 Å². The molecule has 4 aromatic rings. The van der Waals surface area contributed by atoms with E-state index in [9.17, 15) is 14.7 Å². The molecule has 32 heavy (non-hydrogen) atoms. The lowest BCUT2D eigenvalue weighted by molar-refractivity contribution is -0.132. The van der Waals surface area contributed by atoms with Crippen molar-refractivity contribution in [2.24, 2.45) is 0 Å². The minimum absolute atomic E-state index is 0.0245. The first-order chi connectivity index (χ1) is 15.6. The number of amides is 1. The topological polar surface area (TPSA) is 70.5 Å². The summed E-state index contributed by atoms with van der Waals surface area (Å²) in [6.07, 6.45) is 3.20. The average Bonchev–Trinajstić information content (AvgIpc) is 3.09. The van der Waals surface area contributed by atoms with Crippen molar-refractivity contribution >= 4 is 45.5 Å². The van der Waals surface area contributed by atoms with Gasteiger partial charge in [-0.3, -0.25) is 19.5 Å². The predicted octanol–water partition coefficient (Wildman–Crippen LogP) is 5.51. The molecule has 3 aromatic carbocycles. The summed E-state index contributed by atoms with van der Waals surface area (Å²) in [5.74, 6) is -1.68. The predicted molar refractivity (Wildman–Crippen MR) is 124 cm³/mol. The van der Waals surface area contributed by atoms with Gasteiger partial charge in [0.05, 0.1) is 17.3 Å². The average molecular weight is 441 g/mol. The number of pyridine rings is 1. The van der Waals surface area contributed by atoms with E-state index in [-0.39, 0.29) is 11.3 Å². The Morgan fingerprint density at radius 1 is 0.875 bits per heavy atom. The highest BCUT2D eigenvalue weighted by atomic mass is 35.5. The number of ketones is 1. The van der Waals surface area contributed by atoms with E-state index in [1.807, 2.05) is 42.5 Å². The molecule has 0 spiro atoms. The number of rotatable bonds is 3. The number of aliphatic hydroxyl groups is 1. The van der Waals surface area contributed by atoms with Crippen molar-refractivity contribution in [3.8, 4) is 0 Å². The van der Waals surface area contributed by atoms with Crippen LogP contribution in [0.4, 0.5) is 5.69 Å². The van der Waals surface area contributed by atoms with Crippen molar-refractivity contribution in [2.45, 2.75) is 6.04 Å². The highest BCUT2D eigenvalue weighted by Gasteiger charge is 2.47. The minimum atomic E-state index is -0.806. The van der Waals surface area contributed by atoms with E-state index in [4.69, 9.17) is 11.6 Å². The van der Waals surface area contributed by atoms with Gasteiger partial charge < -0.3 is 5.11 Å². The van der Waals surface area contributed by atoms with Gasteiger partial charge in [-0.25, -0.2) is 0 Å². The fourth-order valence-electron chi connectivity index (χ4n) is 4.12. The van der Waals surface area contributed by atoms with E-state index >= 15 is 0 Å². The first-order valence-electron chi connectivity index (χ1n) is 10.0. The molecule has 0 aliphatic carbocycles. The molecule has 1 aliphatic rings. The van der Waals surface area contributed by atoms with E-state index in [2.05, 4.69) is 4.98 Å². The minimum Gasteiger partial charge on any atom is -0.507 e. The number of hydrogen-bond acceptors (Lipinski definition) is 4. The van der Waals surface area contributed by atoms with E-state index in [0.29, 0.717) is 21.8 Å². The molecule has 6 heteroatoms. The second-order valence-corrected chi connectivity index (χ2v) is 7.89. The Morgan fingerprint density at radius 3 is 2.31 bits per heavy atom. The third-order valence-electron chi connectivity index (χ3n) is 5.61. The van der Waals surface area contributed by atoms with Gasteiger partial charge in [-0.2, -0.15) is 0 Å². The van der Waals surface area contributed by atoms with Crippen molar-refractivity contribution in [2.75, 3.05) is 4.90 Å². The summed E-state index contributed by atoms with van der Waals surface area (Å²) in [6, 6.07) is 22.4. The Balaban J connectivity index is 1.77. The Hall–Kier alpha value is -3.96. The van der Waals surface area contributed by atoms with Crippen LogP contribution < -0.4 is 4.90 Å². The number of halogens is 1. The zero-order chi connectivity index (χ0) is 22.2. The second-order valence-electron chi connectivity index (χ2n) is 7.45. The number of nitrogens with zero attached hydrogens (tertiary/aromatic N) is 2. The summed E-state index contributed by atoms with van der Waals surface area (Å²) in [4.78, 5) is 32.1. The zero-order valence-electron chi connectivity index (χ0n) is 16.8. The Kier molecular flexibility index (Phi) is 4.96. The molecule has 156 valence electrons. The van der Waals surface area contributed by atoms with Crippen molar-refractivity contribution in [1.82, 2.24) is 4.98 Å². The van der Waals surface area contributed by atoms with Crippen molar-refractivity contribution in [3.05, 3.63) is 113 Å². The molecule has 1 N–H and O–H groups in total. The maximum Gasteiger partial charge on any atom is 0.300 e. The van der Waals surface area contributed by atoms with Crippen LogP contribution >= 0.6 is 11.6 Å². The van der Waals surface area contributed by atoms with E-state index in [1.54, 1.807) is 48.8 Å². The molecule has 2 heterocycles. The van der Waals surface area contributed by atoms with Gasteiger partial charge in [0.15, 0.2) is 0 Å². The van der Waals surface area contributed by atoms with Gasteiger partial charge >= 0.3 is 0 Å². The van der Waals surface area contributed by atoms with E-state index in [0.717, 1.165) is 10.8 Å². The van der Waals surface area contributed by atoms with Crippen molar-refractivity contribution < 1.29 is 14.7 Å². The number of Topliss-reactive ketones (excluding diaryl/α,β-unsaturated/α-hetero) is 1. The summed E-state index contributed by atoms with van der Waals surface area (Å²) < 4.78 is 0. The first kappa shape index (κ1) is 20.0. The van der Waals surface area contributed by atoms with Gasteiger partial charge in [0.2, 0.25) is 0 Å². The lowest BCUT2D eigenvalue weighted by Crippen LogP contribution is -2.29. The maximum atomic E-state index is 13.3. The standard InChI is InChI=1S/C26H17ClN2O3/c27-19-10-8-18(9-11-19)24(30)22-23(17-12-14-28-15-13-17)29(26(32)25(22)31)21-7-3-5-16-4-1-2-6-20(16)21/h1-15,23,30H/b24-22+. The van der Waals surface area contributed by atoms with Gasteiger partial charge in [0.1, 0.15) is 5.76 Å². The molecular weight excluding hydrogens is 424 g/mol. The summed E-state index contributed by atoms with van der Waals surface area (Å²) in [7, 11) is 0. The molecule has 1 fully saturated rings. The number of aliphatic hydroxyl groups excluding tert-OH is 1. The third kappa shape index (κ3) is 3.24. The smallest absolute Gasteiger partial charge is 0.300 e. The summed E-state index contributed by atoms with van der Waals surface area (Å²) in [6.45, 7) is 0. The molecule has 1 aliphatic heterocycles. The van der Waals surface area contributed by atoms with Crippen LogP contribution in [0.25, 0.3) is 16.5 Å². The number of carbonyl (C=O) groups excluding carboxylic acids is 2. The molecule has 0 bridgehead atoms. The van der Waals surface area contributed by atoms with Crippen LogP contribution in [0, 0.1) is 0 Å². The van der Waals surface area contributed by atoms with Gasteiger partial charge in [-0.1, -0.05) is 48.0 Å². The summed E-state index contributed by atoms with van der Waals surface area (Å²) in [5.41, 5.74) is 1.70. The first-order valence-corrected chi connectivity index (χ1v) is 10.4. The Morgan fingerprint density at radius 2 is 1.56 bits per heavy atom. The quantitative estimate of drug-likeness (QED) is 0.259. The van der Waals surface area contributed by atoms with Crippen LogP contribution in [-0.4, -0.2) is 21.8 Å². The SMILES string of the molecule is O=C1C(=O)N(c2cccc3ccccc23)C(c2ccncc2)/C1=C(\O)c1ccc(Cl)cc1. The van der Waals surface area contributed by atoms with Crippen molar-refractivity contribution in [3.63, 3.8) is 0 Å². The van der Waals surface area contributed by atoms with Crippen LogP contribution in [0.3, 0.4) is 0 Å². The van der Waals surface area contributed by atoms with Crippen LogP contribution in [0.5, 0.6) is 0 Å². The van der Waals surface area contributed by atoms with Crippen LogP contribution in [0.2, 0.25) is 5.02 Å². The molecule has 1 aromatic heterocycles. The normalized spacial score (nSPS) is 17.8. The number of benzene rings is 3. The summed E-state index contributed by atoms with van der Waals surface area (Å²) in [5, 5.41) is 13.4. The Labute approximate surface area is 189 Å². The fourth-order valence-corrected chi connectivity index (χ4v) is 4.25. The van der Waals surface area contributed by atoms with Crippen LogP contribution in [0.15, 0.2) is 96.8 Å². The highest BCUT2D eigenvalue weighted by molar-refractivity contribution is 6.52. The lowest BCUT2D eigenvalue weighted by atomic mass is 9.95. The highest BCUT2D eigenvalue weighted by Crippen LogP contribution is 2.44. The van der Waals surface area contributed by atoms with Gasteiger partial charge in [-0.05, 0) is 53.4 Å². The maximum absolute atomic E-state index is 13.3. The molecular formula is C26H17ClN2O3. The molecule has 0 saturated carbocycles. The van der Waals surface area contributed by atoms with Gasteiger partial charge in [-0.15, -0.1) is 0 Å². The molecule has 1 amide bonds. The molecule has 1 unspecified atom stereocenters. The molecule has 1 saturated heterocycles. The lowest BCUT2D eigenvalue weighted by Gasteiger charge is -2.26. The monoisotopic (exact) mass is 440 g/mol. The zero-order valence-corrected chi connectivity index (χ0v) is 17.5. The van der Waals surface area contributed by atoms with Crippen LogP contribution in [-0.2, 0) is 9.59 Å². The van der Waals surface area contributed by atoms with Crippen molar-refractivity contribution in [1.29, 1.82) is 0 Å². The molecule has 1 atom stereocenters. The number of anilines is 1. The number of aromatic nitrogens is 1. The van der Waals surface area contributed by atoms with Crippen LogP contribution in [0.1, 0.15) is 17.2 Å². The molecule has 0 radical (unpaired) electrons.